The monoisotopic (exact) mass is 291 g/mol. The molecule has 1 atom stereocenters. The Labute approximate surface area is 124 Å². The first-order chi connectivity index (χ1) is 10.1. The smallest absolute Gasteiger partial charge is 0.223 e. The van der Waals surface area contributed by atoms with Crippen molar-refractivity contribution in [2.45, 2.75) is 39.7 Å². The number of unbranched alkanes of at least 4 members (excludes halogenated alkanes) is 1. The molecule has 114 valence electrons. The first-order valence-electron chi connectivity index (χ1n) is 7.35. The Morgan fingerprint density at radius 2 is 2.19 bits per heavy atom. The molecule has 0 aliphatic carbocycles. The molecule has 0 saturated carbocycles. The molecule has 0 spiro atoms. The quantitative estimate of drug-likeness (QED) is 0.619. The molecule has 1 unspecified atom stereocenters. The Balaban J connectivity index is 1.86. The SMILES string of the molecule is CCCCC(C)C(=O)NCC(=O)c1ccc2c(c1)OOC2. The van der Waals surface area contributed by atoms with Gasteiger partial charge in [-0.2, -0.15) is 4.89 Å². The second-order valence-corrected chi connectivity index (χ2v) is 5.35. The Morgan fingerprint density at radius 1 is 1.38 bits per heavy atom. The molecule has 1 amide bonds. The summed E-state index contributed by atoms with van der Waals surface area (Å²) in [5, 5.41) is 2.70. The fourth-order valence-electron chi connectivity index (χ4n) is 2.17. The minimum absolute atomic E-state index is 0.00887. The number of Topliss-reactive ketones (excluding diaryl/α,β-unsaturated/α-hetero) is 1. The lowest BCUT2D eigenvalue weighted by atomic mass is 10.0. The van der Waals surface area contributed by atoms with Crippen LogP contribution in [0.3, 0.4) is 0 Å². The van der Waals surface area contributed by atoms with Crippen LogP contribution < -0.4 is 10.2 Å². The lowest BCUT2D eigenvalue weighted by Gasteiger charge is -2.11. The summed E-state index contributed by atoms with van der Waals surface area (Å²) in [6, 6.07) is 5.18. The van der Waals surface area contributed by atoms with Crippen LogP contribution >= 0.6 is 0 Å². The van der Waals surface area contributed by atoms with Crippen molar-refractivity contribution in [3.05, 3.63) is 29.3 Å². The third-order valence-electron chi connectivity index (χ3n) is 3.61. The number of hydrogen-bond donors (Lipinski definition) is 1. The van der Waals surface area contributed by atoms with Crippen molar-refractivity contribution in [3.63, 3.8) is 0 Å². The van der Waals surface area contributed by atoms with Crippen LogP contribution in [0.2, 0.25) is 0 Å². The van der Waals surface area contributed by atoms with Crippen LogP contribution in [-0.4, -0.2) is 18.2 Å². The Morgan fingerprint density at radius 3 is 2.95 bits per heavy atom. The highest BCUT2D eigenvalue weighted by Gasteiger charge is 2.18. The molecule has 1 aromatic carbocycles. The van der Waals surface area contributed by atoms with Crippen molar-refractivity contribution in [1.82, 2.24) is 5.32 Å². The number of rotatable bonds is 7. The fraction of sp³-hybridized carbons (Fsp3) is 0.500. The van der Waals surface area contributed by atoms with Crippen LogP contribution in [0.4, 0.5) is 0 Å². The van der Waals surface area contributed by atoms with E-state index in [1.807, 2.05) is 6.92 Å². The van der Waals surface area contributed by atoms with Crippen LogP contribution in [0, 0.1) is 5.92 Å². The molecule has 5 heteroatoms. The topological polar surface area (TPSA) is 64.6 Å². The van der Waals surface area contributed by atoms with Crippen molar-refractivity contribution in [1.29, 1.82) is 0 Å². The third-order valence-corrected chi connectivity index (χ3v) is 3.61. The number of nitrogens with one attached hydrogen (secondary N) is 1. The maximum atomic E-state index is 12.1. The van der Waals surface area contributed by atoms with Gasteiger partial charge in [0, 0.05) is 17.0 Å². The van der Waals surface area contributed by atoms with Crippen molar-refractivity contribution in [2.24, 2.45) is 5.92 Å². The number of fused-ring (bicyclic) bond motifs is 1. The highest BCUT2D eigenvalue weighted by molar-refractivity contribution is 5.99. The number of carbonyl (C=O) groups is 2. The van der Waals surface area contributed by atoms with E-state index in [1.165, 1.54) is 0 Å². The summed E-state index contributed by atoms with van der Waals surface area (Å²) in [6.45, 7) is 4.38. The van der Waals surface area contributed by atoms with Crippen molar-refractivity contribution in [2.75, 3.05) is 6.54 Å². The molecule has 0 aromatic heterocycles. The van der Waals surface area contributed by atoms with Crippen molar-refractivity contribution < 1.29 is 19.4 Å². The summed E-state index contributed by atoms with van der Waals surface area (Å²) < 4.78 is 0. The third kappa shape index (κ3) is 4.04. The number of ketones is 1. The average molecular weight is 291 g/mol. The lowest BCUT2D eigenvalue weighted by molar-refractivity contribution is -0.194. The standard InChI is InChI=1S/C16H21NO4/c1-3-4-5-11(2)16(19)17-9-14(18)12-6-7-13-10-20-21-15(13)8-12/h6-8,11H,3-5,9-10H2,1-2H3,(H,17,19). The van der Waals surface area contributed by atoms with Crippen LogP contribution in [0.5, 0.6) is 5.75 Å². The summed E-state index contributed by atoms with van der Waals surface area (Å²) in [7, 11) is 0. The molecule has 0 radical (unpaired) electrons. The Kier molecular flexibility index (Phi) is 5.33. The summed E-state index contributed by atoms with van der Waals surface area (Å²) in [5.41, 5.74) is 1.43. The van der Waals surface area contributed by atoms with Gasteiger partial charge in [-0.25, -0.2) is 0 Å². The van der Waals surface area contributed by atoms with Gasteiger partial charge in [-0.05, 0) is 12.5 Å². The summed E-state index contributed by atoms with van der Waals surface area (Å²) in [4.78, 5) is 33.7. The second kappa shape index (κ2) is 7.22. The van der Waals surface area contributed by atoms with Gasteiger partial charge in [-0.1, -0.05) is 38.8 Å². The van der Waals surface area contributed by atoms with E-state index in [9.17, 15) is 9.59 Å². The molecule has 1 aliphatic rings. The molecule has 0 fully saturated rings. The zero-order chi connectivity index (χ0) is 15.2. The molecule has 0 saturated heterocycles. The van der Waals surface area contributed by atoms with Crippen LogP contribution in [0.15, 0.2) is 18.2 Å². The van der Waals surface area contributed by atoms with Crippen LogP contribution in [0.25, 0.3) is 0 Å². The van der Waals surface area contributed by atoms with Crippen molar-refractivity contribution >= 4 is 11.7 Å². The van der Waals surface area contributed by atoms with Gasteiger partial charge < -0.3 is 10.2 Å². The van der Waals surface area contributed by atoms with Crippen LogP contribution in [-0.2, 0) is 16.3 Å². The minimum atomic E-state index is -0.135. The molecular weight excluding hydrogens is 270 g/mol. The molecule has 1 N–H and O–H groups in total. The van der Waals surface area contributed by atoms with Gasteiger partial charge in [-0.15, -0.1) is 0 Å². The predicted molar refractivity (Wildman–Crippen MR) is 77.9 cm³/mol. The van der Waals surface area contributed by atoms with E-state index in [1.54, 1.807) is 18.2 Å². The molecule has 0 bridgehead atoms. The normalized spacial score (nSPS) is 14.2. The molecule has 1 aromatic rings. The van der Waals surface area contributed by atoms with Gasteiger partial charge in [0.2, 0.25) is 5.91 Å². The molecule has 2 rings (SSSR count). The Bertz CT molecular complexity index is 527. The van der Waals surface area contributed by atoms with E-state index >= 15 is 0 Å². The van der Waals surface area contributed by atoms with E-state index in [4.69, 9.17) is 9.78 Å². The number of carbonyl (C=O) groups excluding carboxylic acids is 2. The number of amides is 1. The maximum absolute atomic E-state index is 12.1. The van der Waals surface area contributed by atoms with E-state index in [0.717, 1.165) is 24.8 Å². The number of hydrogen-bond acceptors (Lipinski definition) is 4. The lowest BCUT2D eigenvalue weighted by Crippen LogP contribution is -2.33. The van der Waals surface area contributed by atoms with E-state index < -0.39 is 0 Å². The second-order valence-electron chi connectivity index (χ2n) is 5.35. The van der Waals surface area contributed by atoms with Crippen LogP contribution in [0.1, 0.15) is 49.0 Å². The van der Waals surface area contributed by atoms with Gasteiger partial charge in [0.05, 0.1) is 6.54 Å². The zero-order valence-corrected chi connectivity index (χ0v) is 12.5. The molecule has 1 heterocycles. The number of benzene rings is 1. The first kappa shape index (κ1) is 15.5. The molecule has 5 nitrogen and oxygen atoms in total. The highest BCUT2D eigenvalue weighted by atomic mass is 17.2. The molecule has 1 aliphatic heterocycles. The summed E-state index contributed by atoms with van der Waals surface area (Å²) in [6.07, 6.45) is 2.93. The minimum Gasteiger partial charge on any atom is -0.348 e. The van der Waals surface area contributed by atoms with Gasteiger partial charge in [-0.3, -0.25) is 9.59 Å². The summed E-state index contributed by atoms with van der Waals surface area (Å²) >= 11 is 0. The molecular formula is C16H21NO4. The Hall–Kier alpha value is -1.88. The largest absolute Gasteiger partial charge is 0.348 e. The average Bonchev–Trinajstić information content (AvgIpc) is 2.97. The first-order valence-corrected chi connectivity index (χ1v) is 7.35. The molecule has 21 heavy (non-hydrogen) atoms. The van der Waals surface area contributed by atoms with Crippen molar-refractivity contribution in [3.8, 4) is 5.75 Å². The highest BCUT2D eigenvalue weighted by Crippen LogP contribution is 2.26. The van der Waals surface area contributed by atoms with Gasteiger partial charge in [0.25, 0.3) is 0 Å². The van der Waals surface area contributed by atoms with Gasteiger partial charge >= 0.3 is 0 Å². The predicted octanol–water partition coefficient (Wildman–Crippen LogP) is 2.64. The van der Waals surface area contributed by atoms with E-state index in [2.05, 4.69) is 12.2 Å². The maximum Gasteiger partial charge on any atom is 0.223 e. The summed E-state index contributed by atoms with van der Waals surface area (Å²) in [5.74, 6) is 0.305. The van der Waals surface area contributed by atoms with E-state index in [-0.39, 0.29) is 24.2 Å². The van der Waals surface area contributed by atoms with Gasteiger partial charge in [0.1, 0.15) is 6.61 Å². The zero-order valence-electron chi connectivity index (χ0n) is 12.5. The fourth-order valence-corrected chi connectivity index (χ4v) is 2.17. The van der Waals surface area contributed by atoms with Gasteiger partial charge in [0.15, 0.2) is 11.5 Å². The van der Waals surface area contributed by atoms with E-state index in [0.29, 0.717) is 17.9 Å².